The van der Waals surface area contributed by atoms with E-state index in [4.69, 9.17) is 11.6 Å². The van der Waals surface area contributed by atoms with Crippen LogP contribution in [-0.2, 0) is 5.41 Å². The van der Waals surface area contributed by atoms with E-state index in [2.05, 4.69) is 79.8 Å². The lowest BCUT2D eigenvalue weighted by molar-refractivity contribution is -0.401. The second kappa shape index (κ2) is 6.74. The predicted molar refractivity (Wildman–Crippen MR) is 124 cm³/mol. The Labute approximate surface area is 179 Å². The second-order valence-corrected chi connectivity index (χ2v) is 9.71. The molecule has 2 aromatic carbocycles. The SMILES string of the molecule is CCN1c2ccc(C=CC3=[N+](C)c4ccc(Cl)cc4C3(C)C)cc2C2CCCC21. The fourth-order valence-corrected chi connectivity index (χ4v) is 6.15. The van der Waals surface area contributed by atoms with Gasteiger partial charge < -0.3 is 4.90 Å². The van der Waals surface area contributed by atoms with Crippen molar-refractivity contribution in [2.45, 2.75) is 57.4 Å². The zero-order chi connectivity index (χ0) is 20.3. The molecular weight excluding hydrogens is 376 g/mol. The molecule has 1 aliphatic carbocycles. The third kappa shape index (κ3) is 2.79. The van der Waals surface area contributed by atoms with Gasteiger partial charge in [-0.2, -0.15) is 4.58 Å². The first kappa shape index (κ1) is 18.9. The highest BCUT2D eigenvalue weighted by molar-refractivity contribution is 6.30. The Morgan fingerprint density at radius 3 is 2.76 bits per heavy atom. The minimum absolute atomic E-state index is 0.0578. The van der Waals surface area contributed by atoms with Gasteiger partial charge in [-0.1, -0.05) is 24.1 Å². The monoisotopic (exact) mass is 405 g/mol. The topological polar surface area (TPSA) is 6.25 Å². The first-order chi connectivity index (χ1) is 13.9. The average molecular weight is 406 g/mol. The number of anilines is 1. The Kier molecular flexibility index (Phi) is 4.40. The van der Waals surface area contributed by atoms with Crippen LogP contribution in [0.25, 0.3) is 6.08 Å². The van der Waals surface area contributed by atoms with Crippen LogP contribution in [0.4, 0.5) is 11.4 Å². The van der Waals surface area contributed by atoms with Crippen molar-refractivity contribution in [1.29, 1.82) is 0 Å². The van der Waals surface area contributed by atoms with Crippen molar-refractivity contribution in [1.82, 2.24) is 0 Å². The summed E-state index contributed by atoms with van der Waals surface area (Å²) in [7, 11) is 2.16. The zero-order valence-corrected chi connectivity index (χ0v) is 18.6. The molecule has 2 aliphatic heterocycles. The maximum absolute atomic E-state index is 6.29. The summed E-state index contributed by atoms with van der Waals surface area (Å²) < 4.78 is 2.31. The molecule has 1 fully saturated rings. The quantitative estimate of drug-likeness (QED) is 0.525. The molecule has 29 heavy (non-hydrogen) atoms. The molecule has 0 aromatic heterocycles. The summed E-state index contributed by atoms with van der Waals surface area (Å²) in [5.74, 6) is 0.725. The number of hydrogen-bond donors (Lipinski definition) is 0. The van der Waals surface area contributed by atoms with E-state index in [0.717, 1.165) is 23.5 Å². The molecule has 2 nitrogen and oxygen atoms in total. The highest BCUT2D eigenvalue weighted by Gasteiger charge is 2.43. The van der Waals surface area contributed by atoms with E-state index < -0.39 is 0 Å². The van der Waals surface area contributed by atoms with Crippen molar-refractivity contribution in [3.8, 4) is 0 Å². The molecule has 5 rings (SSSR count). The van der Waals surface area contributed by atoms with Crippen molar-refractivity contribution in [3.63, 3.8) is 0 Å². The van der Waals surface area contributed by atoms with Gasteiger partial charge in [0.2, 0.25) is 5.69 Å². The molecule has 3 aliphatic rings. The molecule has 0 saturated heterocycles. The number of rotatable bonds is 3. The molecule has 2 unspecified atom stereocenters. The van der Waals surface area contributed by atoms with Gasteiger partial charge in [0.1, 0.15) is 7.05 Å². The molecule has 1 saturated carbocycles. The maximum Gasteiger partial charge on any atom is 0.209 e. The zero-order valence-electron chi connectivity index (χ0n) is 17.9. The number of allylic oxidation sites excluding steroid dienone is 1. The lowest BCUT2D eigenvalue weighted by atomic mass is 9.81. The molecular formula is C26H30ClN2+. The van der Waals surface area contributed by atoms with E-state index in [0.29, 0.717) is 0 Å². The largest absolute Gasteiger partial charge is 0.368 e. The third-order valence-corrected chi connectivity index (χ3v) is 7.64. The molecule has 0 radical (unpaired) electrons. The van der Waals surface area contributed by atoms with Crippen molar-refractivity contribution in [3.05, 3.63) is 64.2 Å². The first-order valence-corrected chi connectivity index (χ1v) is 11.3. The van der Waals surface area contributed by atoms with Gasteiger partial charge >= 0.3 is 0 Å². The van der Waals surface area contributed by atoms with Crippen LogP contribution >= 0.6 is 11.6 Å². The fourth-order valence-electron chi connectivity index (χ4n) is 5.98. The molecule has 0 spiro atoms. The first-order valence-electron chi connectivity index (χ1n) is 10.9. The highest BCUT2D eigenvalue weighted by Crippen LogP contribution is 2.49. The summed E-state index contributed by atoms with van der Waals surface area (Å²) in [6.07, 6.45) is 8.64. The fraction of sp³-hybridized carbons (Fsp3) is 0.423. The van der Waals surface area contributed by atoms with Crippen molar-refractivity contribution in [2.75, 3.05) is 18.5 Å². The molecule has 2 atom stereocenters. The summed E-state index contributed by atoms with van der Waals surface area (Å²) >= 11 is 6.29. The van der Waals surface area contributed by atoms with E-state index >= 15 is 0 Å². The van der Waals surface area contributed by atoms with Crippen LogP contribution in [0.3, 0.4) is 0 Å². The molecule has 150 valence electrons. The molecule has 3 heteroatoms. The Morgan fingerprint density at radius 2 is 1.97 bits per heavy atom. The van der Waals surface area contributed by atoms with Crippen LogP contribution in [0.5, 0.6) is 0 Å². The van der Waals surface area contributed by atoms with E-state index in [1.165, 1.54) is 47.5 Å². The standard InChI is InChI=1S/C26H30ClN2/c1-5-29-22-8-6-7-19(22)20-15-17(9-12-23(20)29)10-14-25-26(2,3)21-16-18(27)11-13-24(21)28(25)4/h9-16,19,22H,5-8H2,1-4H3/q+1. The van der Waals surface area contributed by atoms with Crippen LogP contribution in [0.15, 0.2) is 42.5 Å². The number of hydrogen-bond acceptors (Lipinski definition) is 1. The number of benzene rings is 2. The minimum atomic E-state index is -0.0578. The van der Waals surface area contributed by atoms with Gasteiger partial charge in [-0.15, -0.1) is 0 Å². The van der Waals surface area contributed by atoms with Crippen LogP contribution < -0.4 is 4.90 Å². The maximum atomic E-state index is 6.29. The number of nitrogens with zero attached hydrogens (tertiary/aromatic N) is 2. The predicted octanol–water partition coefficient (Wildman–Crippen LogP) is 6.54. The van der Waals surface area contributed by atoms with Gasteiger partial charge in [0.25, 0.3) is 0 Å². The molecule has 2 heterocycles. The van der Waals surface area contributed by atoms with Crippen molar-refractivity contribution < 1.29 is 4.58 Å². The lowest BCUT2D eigenvalue weighted by Crippen LogP contribution is -2.30. The van der Waals surface area contributed by atoms with E-state index in [9.17, 15) is 0 Å². The van der Waals surface area contributed by atoms with Gasteiger partial charge in [0.05, 0.1) is 5.41 Å². The van der Waals surface area contributed by atoms with Crippen LogP contribution in [-0.4, -0.2) is 29.9 Å². The summed E-state index contributed by atoms with van der Waals surface area (Å²) in [5, 5.41) is 0.806. The molecule has 0 N–H and O–H groups in total. The number of halogens is 1. The van der Waals surface area contributed by atoms with Crippen molar-refractivity contribution >= 4 is 34.8 Å². The lowest BCUT2D eigenvalue weighted by Gasteiger charge is -2.25. The van der Waals surface area contributed by atoms with Crippen LogP contribution in [0, 0.1) is 0 Å². The third-order valence-electron chi connectivity index (χ3n) is 7.41. The van der Waals surface area contributed by atoms with Gasteiger partial charge in [-0.05, 0) is 75.1 Å². The van der Waals surface area contributed by atoms with Gasteiger partial charge in [0.15, 0.2) is 5.71 Å². The summed E-state index contributed by atoms with van der Waals surface area (Å²) in [6.45, 7) is 7.98. The van der Waals surface area contributed by atoms with Gasteiger partial charge in [-0.25, -0.2) is 0 Å². The van der Waals surface area contributed by atoms with E-state index in [-0.39, 0.29) is 5.41 Å². The van der Waals surface area contributed by atoms with Gasteiger partial charge in [0, 0.05) is 46.9 Å². The van der Waals surface area contributed by atoms with Crippen molar-refractivity contribution in [2.24, 2.45) is 0 Å². The summed E-state index contributed by atoms with van der Waals surface area (Å²) in [6, 6.07) is 14.0. The van der Waals surface area contributed by atoms with E-state index in [1.54, 1.807) is 5.56 Å². The average Bonchev–Trinajstić information content (AvgIpc) is 3.32. The number of likely N-dealkylation sites (N-methyl/N-ethyl adjacent to an activating group) is 1. The number of fused-ring (bicyclic) bond motifs is 4. The highest BCUT2D eigenvalue weighted by atomic mass is 35.5. The van der Waals surface area contributed by atoms with Crippen LogP contribution in [0.2, 0.25) is 5.02 Å². The van der Waals surface area contributed by atoms with E-state index in [1.807, 2.05) is 6.07 Å². The Hall–Kier alpha value is -2.06. The summed E-state index contributed by atoms with van der Waals surface area (Å²) in [5.41, 5.74) is 8.14. The normalized spacial score (nSPS) is 24.4. The Morgan fingerprint density at radius 1 is 1.14 bits per heavy atom. The molecule has 0 amide bonds. The summed E-state index contributed by atoms with van der Waals surface area (Å²) in [4.78, 5) is 2.63. The smallest absolute Gasteiger partial charge is 0.209 e. The second-order valence-electron chi connectivity index (χ2n) is 9.27. The molecule has 2 aromatic rings. The van der Waals surface area contributed by atoms with Gasteiger partial charge in [-0.3, -0.25) is 0 Å². The van der Waals surface area contributed by atoms with Crippen LogP contribution in [0.1, 0.15) is 62.6 Å². The Bertz CT molecular complexity index is 1050. The minimum Gasteiger partial charge on any atom is -0.368 e. The molecule has 0 bridgehead atoms. The Balaban J connectivity index is 1.49.